The molecule has 1 aliphatic rings. The molecule has 1 aromatic carbocycles. The van der Waals surface area contributed by atoms with Crippen LogP contribution in [0.4, 0.5) is 17.2 Å². The first-order valence-electron chi connectivity index (χ1n) is 9.09. The molecule has 0 spiro atoms. The van der Waals surface area contributed by atoms with Crippen molar-refractivity contribution in [2.75, 3.05) is 46.5 Å². The van der Waals surface area contributed by atoms with E-state index in [2.05, 4.69) is 43.8 Å². The van der Waals surface area contributed by atoms with Gasteiger partial charge in [-0.15, -0.1) is 0 Å². The van der Waals surface area contributed by atoms with Crippen LogP contribution in [0.1, 0.15) is 19.8 Å². The number of unbranched alkanes of at least 4 members (excludes halogenated alkanes) is 1. The van der Waals surface area contributed by atoms with Gasteiger partial charge in [-0.2, -0.15) is 0 Å². The number of aromatic nitrogens is 1. The van der Waals surface area contributed by atoms with Gasteiger partial charge in [-0.25, -0.2) is 13.4 Å². The minimum absolute atomic E-state index is 0.146. The number of hydrogen-bond acceptors (Lipinski definition) is 5. The van der Waals surface area contributed by atoms with Crippen LogP contribution >= 0.6 is 0 Å². The van der Waals surface area contributed by atoms with E-state index in [1.807, 2.05) is 19.1 Å². The van der Waals surface area contributed by atoms with E-state index in [1.165, 1.54) is 5.69 Å². The van der Waals surface area contributed by atoms with Crippen molar-refractivity contribution in [3.63, 3.8) is 0 Å². The van der Waals surface area contributed by atoms with Gasteiger partial charge in [0.1, 0.15) is 5.82 Å². The highest BCUT2D eigenvalue weighted by Crippen LogP contribution is 2.20. The number of anilines is 3. The molecule has 26 heavy (non-hydrogen) atoms. The number of pyridine rings is 1. The predicted octanol–water partition coefficient (Wildman–Crippen LogP) is 2.95. The van der Waals surface area contributed by atoms with Gasteiger partial charge in [-0.3, -0.25) is 4.72 Å². The maximum atomic E-state index is 12.0. The molecule has 0 radical (unpaired) electrons. The smallest absolute Gasteiger partial charge is 0.232 e. The second-order valence-electron chi connectivity index (χ2n) is 6.49. The Kier molecular flexibility index (Phi) is 5.98. The first-order chi connectivity index (χ1) is 12.6. The normalized spacial score (nSPS) is 15.1. The zero-order chi connectivity index (χ0) is 18.4. The Hall–Kier alpha value is -2.28. The molecule has 6 nitrogen and oxygen atoms in total. The Morgan fingerprint density at radius 2 is 1.69 bits per heavy atom. The van der Waals surface area contributed by atoms with Crippen LogP contribution < -0.4 is 14.5 Å². The molecule has 7 heteroatoms. The van der Waals surface area contributed by atoms with Crippen LogP contribution in [0.15, 0.2) is 48.7 Å². The van der Waals surface area contributed by atoms with Crippen molar-refractivity contribution in [1.29, 1.82) is 0 Å². The highest BCUT2D eigenvalue weighted by atomic mass is 32.2. The molecule has 1 aliphatic heterocycles. The molecule has 0 amide bonds. The van der Waals surface area contributed by atoms with E-state index in [0.29, 0.717) is 12.1 Å². The van der Waals surface area contributed by atoms with Gasteiger partial charge in [-0.05, 0) is 30.7 Å². The summed E-state index contributed by atoms with van der Waals surface area (Å²) in [7, 11) is -3.28. The summed E-state index contributed by atoms with van der Waals surface area (Å²) in [5, 5.41) is 0. The summed E-state index contributed by atoms with van der Waals surface area (Å²) < 4.78 is 26.5. The summed E-state index contributed by atoms with van der Waals surface area (Å²) in [5.74, 6) is 1.03. The average Bonchev–Trinajstić information content (AvgIpc) is 2.68. The number of nitrogens with zero attached hydrogens (tertiary/aromatic N) is 3. The van der Waals surface area contributed by atoms with Crippen molar-refractivity contribution in [2.45, 2.75) is 19.8 Å². The van der Waals surface area contributed by atoms with Crippen LogP contribution in [0.3, 0.4) is 0 Å². The molecule has 2 heterocycles. The quantitative estimate of drug-likeness (QED) is 0.807. The number of rotatable bonds is 7. The highest BCUT2D eigenvalue weighted by Gasteiger charge is 2.18. The van der Waals surface area contributed by atoms with Gasteiger partial charge in [0.05, 0.1) is 17.6 Å². The zero-order valence-electron chi connectivity index (χ0n) is 15.1. The number of sulfonamides is 1. The predicted molar refractivity (Wildman–Crippen MR) is 107 cm³/mol. The van der Waals surface area contributed by atoms with Crippen LogP contribution in [0.2, 0.25) is 0 Å². The maximum absolute atomic E-state index is 12.0. The lowest BCUT2D eigenvalue weighted by Gasteiger charge is -2.36. The van der Waals surface area contributed by atoms with Crippen LogP contribution in [-0.2, 0) is 10.0 Å². The minimum Gasteiger partial charge on any atom is -0.368 e. The van der Waals surface area contributed by atoms with Crippen molar-refractivity contribution in [3.05, 3.63) is 48.7 Å². The number of hydrogen-bond donors (Lipinski definition) is 1. The van der Waals surface area contributed by atoms with Gasteiger partial charge in [0, 0.05) is 31.9 Å². The molecule has 0 aliphatic carbocycles. The van der Waals surface area contributed by atoms with Crippen molar-refractivity contribution in [2.24, 2.45) is 0 Å². The molecule has 0 atom stereocenters. The van der Waals surface area contributed by atoms with Gasteiger partial charge >= 0.3 is 0 Å². The Morgan fingerprint density at radius 3 is 2.31 bits per heavy atom. The fourth-order valence-corrected chi connectivity index (χ4v) is 4.28. The summed E-state index contributed by atoms with van der Waals surface area (Å²) in [5.41, 5.74) is 1.77. The van der Waals surface area contributed by atoms with Gasteiger partial charge in [0.2, 0.25) is 10.0 Å². The Bertz CT molecular complexity index is 786. The van der Waals surface area contributed by atoms with E-state index >= 15 is 0 Å². The van der Waals surface area contributed by atoms with E-state index in [0.717, 1.165) is 38.4 Å². The SMILES string of the molecule is CCCCS(=O)(=O)Nc1ccc(N2CCN(c3ccccc3)CC2)nc1. The number of nitrogens with one attached hydrogen (secondary N) is 1. The fraction of sp³-hybridized carbons (Fsp3) is 0.421. The lowest BCUT2D eigenvalue weighted by molar-refractivity contribution is 0.598. The number of piperazine rings is 1. The fourth-order valence-electron chi connectivity index (χ4n) is 3.03. The number of benzene rings is 1. The molecule has 0 bridgehead atoms. The van der Waals surface area contributed by atoms with E-state index in [4.69, 9.17) is 0 Å². The van der Waals surface area contributed by atoms with Crippen LogP contribution in [0.5, 0.6) is 0 Å². The Labute approximate surface area is 155 Å². The lowest BCUT2D eigenvalue weighted by Crippen LogP contribution is -2.46. The average molecular weight is 375 g/mol. The van der Waals surface area contributed by atoms with Crippen LogP contribution in [0.25, 0.3) is 0 Å². The second kappa shape index (κ2) is 8.40. The monoisotopic (exact) mass is 374 g/mol. The second-order valence-corrected chi connectivity index (χ2v) is 8.33. The summed E-state index contributed by atoms with van der Waals surface area (Å²) in [6.45, 7) is 5.64. The topological polar surface area (TPSA) is 65.5 Å². The van der Waals surface area contributed by atoms with E-state index in [9.17, 15) is 8.42 Å². The third-order valence-electron chi connectivity index (χ3n) is 4.51. The molecule has 0 unspecified atom stereocenters. The van der Waals surface area contributed by atoms with Gasteiger partial charge < -0.3 is 9.80 Å². The molecule has 2 aromatic rings. The van der Waals surface area contributed by atoms with Crippen LogP contribution in [0, 0.1) is 0 Å². The van der Waals surface area contributed by atoms with Crippen molar-refractivity contribution < 1.29 is 8.42 Å². The third kappa shape index (κ3) is 4.88. The van der Waals surface area contributed by atoms with E-state index in [-0.39, 0.29) is 5.75 Å². The summed E-state index contributed by atoms with van der Waals surface area (Å²) in [6, 6.07) is 14.1. The van der Waals surface area contributed by atoms with Gasteiger partial charge in [-0.1, -0.05) is 31.5 Å². The summed E-state index contributed by atoms with van der Waals surface area (Å²) in [6.07, 6.45) is 3.11. The molecule has 1 saturated heterocycles. The standard InChI is InChI=1S/C19H26N4O2S/c1-2-3-15-26(24,25)21-17-9-10-19(20-16-17)23-13-11-22(12-14-23)18-7-5-4-6-8-18/h4-10,16,21H,2-3,11-15H2,1H3. The van der Waals surface area contributed by atoms with Crippen molar-refractivity contribution >= 4 is 27.2 Å². The summed E-state index contributed by atoms with van der Waals surface area (Å²) >= 11 is 0. The van der Waals surface area contributed by atoms with Gasteiger partial charge in [0.15, 0.2) is 0 Å². The van der Waals surface area contributed by atoms with Crippen molar-refractivity contribution in [1.82, 2.24) is 4.98 Å². The van der Waals surface area contributed by atoms with E-state index < -0.39 is 10.0 Å². The molecule has 3 rings (SSSR count). The zero-order valence-corrected chi connectivity index (χ0v) is 16.0. The first-order valence-corrected chi connectivity index (χ1v) is 10.7. The van der Waals surface area contributed by atoms with Crippen molar-refractivity contribution in [3.8, 4) is 0 Å². The maximum Gasteiger partial charge on any atom is 0.232 e. The molecule has 1 fully saturated rings. The van der Waals surface area contributed by atoms with Gasteiger partial charge in [0.25, 0.3) is 0 Å². The molecular formula is C19H26N4O2S. The van der Waals surface area contributed by atoms with Crippen LogP contribution in [-0.4, -0.2) is 45.3 Å². The largest absolute Gasteiger partial charge is 0.368 e. The lowest BCUT2D eigenvalue weighted by atomic mass is 10.2. The molecule has 0 saturated carbocycles. The van der Waals surface area contributed by atoms with E-state index in [1.54, 1.807) is 12.3 Å². The highest BCUT2D eigenvalue weighted by molar-refractivity contribution is 7.92. The molecular weight excluding hydrogens is 348 g/mol. The third-order valence-corrected chi connectivity index (χ3v) is 5.89. The Balaban J connectivity index is 1.56. The Morgan fingerprint density at radius 1 is 1.00 bits per heavy atom. The minimum atomic E-state index is -3.28. The molecule has 1 aromatic heterocycles. The molecule has 140 valence electrons. The summed E-state index contributed by atoms with van der Waals surface area (Å²) in [4.78, 5) is 9.04. The number of para-hydroxylation sites is 1. The first kappa shape index (κ1) is 18.5. The molecule has 1 N–H and O–H groups in total.